The Balaban J connectivity index is 1.73. The lowest BCUT2D eigenvalue weighted by atomic mass is 9.41. The first-order chi connectivity index (χ1) is 19.9. The van der Waals surface area contributed by atoms with E-state index in [1.54, 1.807) is 0 Å². The summed E-state index contributed by atoms with van der Waals surface area (Å²) in [7, 11) is 0. The number of ether oxygens (including phenoxy) is 3. The van der Waals surface area contributed by atoms with Gasteiger partial charge in [-0.1, -0.05) is 27.7 Å². The van der Waals surface area contributed by atoms with Crippen LogP contribution in [0.15, 0.2) is 29.8 Å². The third-order valence-corrected chi connectivity index (χ3v) is 10.5. The zero-order valence-electron chi connectivity index (χ0n) is 25.8. The number of aliphatic hydroxyl groups excluding tert-OH is 1. The molecule has 2 saturated carbocycles. The minimum Gasteiger partial charge on any atom is -0.396 e. The maximum atomic E-state index is 13.4. The van der Waals surface area contributed by atoms with E-state index in [9.17, 15) is 20.3 Å². The highest BCUT2D eigenvalue weighted by Gasteiger charge is 2.75. The number of benzene rings is 1. The van der Waals surface area contributed by atoms with Crippen molar-refractivity contribution in [2.45, 2.75) is 103 Å². The quantitative estimate of drug-likeness (QED) is 0.155. The molecular formula is C34H46N2O6. The lowest BCUT2D eigenvalue weighted by Gasteiger charge is -2.67. The fourth-order valence-electron chi connectivity index (χ4n) is 8.40. The minimum atomic E-state index is -1.62. The molecule has 5 rings (SSSR count). The summed E-state index contributed by atoms with van der Waals surface area (Å²) in [4.78, 5) is 16.1. The Hall–Kier alpha value is -2.54. The normalized spacial score (nSPS) is 34.9. The van der Waals surface area contributed by atoms with E-state index in [1.165, 1.54) is 11.6 Å². The standard InChI is InChI=1S/C34H46N2O6/c1-21(2)20-41-33(42-22(3)4)12-11-31(5)32(6)24(17-26-25-16-23(19-35)8-9-27(25)36-30(26)32)18-29(40-15-7-13-37)34(31,39)28(33)10-14-38/h8-10,14,16,21-22,24,29,36-37,39H,7,11-13,15,17-18,20H2,1-6H3/b28-10+/t24-,29+,31-,32-,33-,34+/m1/s1. The summed E-state index contributed by atoms with van der Waals surface area (Å²) in [6.45, 7) is 13.0. The van der Waals surface area contributed by atoms with Crippen LogP contribution in [0.1, 0.15) is 84.0 Å². The van der Waals surface area contributed by atoms with Gasteiger partial charge in [0.25, 0.3) is 0 Å². The summed E-state index contributed by atoms with van der Waals surface area (Å²) in [5.41, 5.74) is 1.36. The van der Waals surface area contributed by atoms with Gasteiger partial charge in [-0.3, -0.25) is 4.79 Å². The highest BCUT2D eigenvalue weighted by Crippen LogP contribution is 2.70. The van der Waals surface area contributed by atoms with Gasteiger partial charge in [0.2, 0.25) is 0 Å². The zero-order valence-corrected chi connectivity index (χ0v) is 25.8. The number of H-pyrrole nitrogens is 1. The summed E-state index contributed by atoms with van der Waals surface area (Å²) in [5, 5.41) is 33.6. The lowest BCUT2D eigenvalue weighted by molar-refractivity contribution is -0.307. The Bertz CT molecular complexity index is 1410. The summed E-state index contributed by atoms with van der Waals surface area (Å²) >= 11 is 0. The van der Waals surface area contributed by atoms with Crippen molar-refractivity contribution in [2.75, 3.05) is 19.8 Å². The molecule has 0 spiro atoms. The highest BCUT2D eigenvalue weighted by atomic mass is 16.7. The van der Waals surface area contributed by atoms with Gasteiger partial charge in [-0.2, -0.15) is 5.26 Å². The van der Waals surface area contributed by atoms with Gasteiger partial charge in [0.15, 0.2) is 5.79 Å². The molecule has 0 amide bonds. The summed E-state index contributed by atoms with van der Waals surface area (Å²) in [6, 6.07) is 8.01. The van der Waals surface area contributed by atoms with Gasteiger partial charge in [0.05, 0.1) is 30.4 Å². The van der Waals surface area contributed by atoms with E-state index in [-0.39, 0.29) is 31.2 Å². The van der Waals surface area contributed by atoms with Crippen molar-refractivity contribution < 1.29 is 29.2 Å². The predicted octanol–water partition coefficient (Wildman–Crippen LogP) is 5.09. The number of rotatable bonds is 10. The number of aliphatic hydroxyl groups is 2. The zero-order chi connectivity index (χ0) is 30.5. The van der Waals surface area contributed by atoms with Gasteiger partial charge in [-0.25, -0.2) is 0 Å². The molecule has 3 N–H and O–H groups in total. The second-order valence-corrected chi connectivity index (χ2v) is 13.6. The first-order valence-corrected chi connectivity index (χ1v) is 15.4. The largest absolute Gasteiger partial charge is 0.396 e. The lowest BCUT2D eigenvalue weighted by Crippen LogP contribution is -2.75. The number of allylic oxidation sites excluding steroid dienone is 1. The molecule has 3 aliphatic carbocycles. The van der Waals surface area contributed by atoms with E-state index in [2.05, 4.69) is 38.7 Å². The van der Waals surface area contributed by atoms with Gasteiger partial charge >= 0.3 is 0 Å². The first kappa shape index (κ1) is 30.9. The van der Waals surface area contributed by atoms with Crippen LogP contribution in [-0.4, -0.2) is 64.9 Å². The predicted molar refractivity (Wildman–Crippen MR) is 160 cm³/mol. The number of aldehydes is 1. The number of hydrogen-bond acceptors (Lipinski definition) is 7. The summed E-state index contributed by atoms with van der Waals surface area (Å²) in [5.74, 6) is -0.935. The second kappa shape index (κ2) is 11.2. The van der Waals surface area contributed by atoms with Gasteiger partial charge in [0, 0.05) is 52.6 Å². The number of nitrogens with one attached hydrogen (secondary N) is 1. The van der Waals surface area contributed by atoms with Gasteiger partial charge < -0.3 is 29.4 Å². The molecule has 0 unspecified atom stereocenters. The van der Waals surface area contributed by atoms with Gasteiger partial charge in [-0.05, 0) is 81.2 Å². The Morgan fingerprint density at radius 2 is 1.98 bits per heavy atom. The molecule has 1 aromatic carbocycles. The number of hydrogen-bond donors (Lipinski definition) is 3. The fraction of sp³-hybridized carbons (Fsp3) is 0.647. The summed E-state index contributed by atoms with van der Waals surface area (Å²) in [6.07, 6.45) is 4.11. The molecule has 228 valence electrons. The van der Waals surface area contributed by atoms with E-state index >= 15 is 0 Å². The van der Waals surface area contributed by atoms with Crippen molar-refractivity contribution in [3.8, 4) is 6.07 Å². The van der Waals surface area contributed by atoms with Crippen LogP contribution < -0.4 is 0 Å². The number of fused-ring (bicyclic) bond motifs is 7. The summed E-state index contributed by atoms with van der Waals surface area (Å²) < 4.78 is 19.6. The molecule has 6 atom stereocenters. The number of nitriles is 1. The Morgan fingerprint density at radius 1 is 1.21 bits per heavy atom. The van der Waals surface area contributed by atoms with E-state index in [4.69, 9.17) is 14.2 Å². The van der Waals surface area contributed by atoms with Crippen LogP contribution >= 0.6 is 0 Å². The van der Waals surface area contributed by atoms with E-state index in [0.717, 1.165) is 29.3 Å². The molecule has 2 fully saturated rings. The smallest absolute Gasteiger partial charge is 0.194 e. The van der Waals surface area contributed by atoms with Crippen LogP contribution in [0.2, 0.25) is 0 Å². The third-order valence-electron chi connectivity index (χ3n) is 10.5. The third kappa shape index (κ3) is 4.39. The van der Waals surface area contributed by atoms with Crippen molar-refractivity contribution >= 4 is 17.2 Å². The van der Waals surface area contributed by atoms with Crippen LogP contribution in [0, 0.1) is 28.6 Å². The molecule has 42 heavy (non-hydrogen) atoms. The van der Waals surface area contributed by atoms with E-state index in [1.807, 2.05) is 32.0 Å². The molecular weight excluding hydrogens is 532 g/mol. The Morgan fingerprint density at radius 3 is 2.62 bits per heavy atom. The first-order valence-electron chi connectivity index (χ1n) is 15.4. The van der Waals surface area contributed by atoms with Crippen LogP contribution in [0.4, 0.5) is 0 Å². The minimum absolute atomic E-state index is 0.0176. The second-order valence-electron chi connectivity index (χ2n) is 13.6. The maximum absolute atomic E-state index is 13.4. The van der Waals surface area contributed by atoms with Crippen molar-refractivity contribution in [3.63, 3.8) is 0 Å². The van der Waals surface area contributed by atoms with E-state index < -0.39 is 28.3 Å². The number of carbonyl (C=O) groups is 1. The monoisotopic (exact) mass is 578 g/mol. The van der Waals surface area contributed by atoms with Crippen LogP contribution in [0.25, 0.3) is 10.9 Å². The molecule has 2 aromatic rings. The molecule has 1 aromatic heterocycles. The number of carbonyl (C=O) groups excluding carboxylic acids is 1. The SMILES string of the molecule is CC(C)CO[C@@]1(OC(C)C)CC[C@]2(C)[C@@]3(C)c4[nH]c5ccc(C#N)cc5c4C[C@@H]3C[C@H](OCCCO)[C@@]2(O)/C1=C/C=O. The van der Waals surface area contributed by atoms with Crippen molar-refractivity contribution in [2.24, 2.45) is 17.3 Å². The topological polar surface area (TPSA) is 125 Å². The molecule has 0 bridgehead atoms. The van der Waals surface area contributed by atoms with Crippen molar-refractivity contribution in [1.29, 1.82) is 5.26 Å². The maximum Gasteiger partial charge on any atom is 0.194 e. The molecule has 3 aliphatic rings. The van der Waals surface area contributed by atoms with E-state index in [0.29, 0.717) is 43.4 Å². The number of aromatic nitrogens is 1. The molecule has 8 heteroatoms. The molecule has 0 aliphatic heterocycles. The molecule has 8 nitrogen and oxygen atoms in total. The average molecular weight is 579 g/mol. The average Bonchev–Trinajstić information content (AvgIpc) is 3.45. The number of aromatic amines is 1. The van der Waals surface area contributed by atoms with Gasteiger partial charge in [0.1, 0.15) is 11.9 Å². The highest BCUT2D eigenvalue weighted by molar-refractivity contribution is 5.87. The van der Waals surface area contributed by atoms with Crippen molar-refractivity contribution in [1.82, 2.24) is 4.98 Å². The molecule has 0 saturated heterocycles. The Labute approximate surface area is 249 Å². The van der Waals surface area contributed by atoms with Crippen LogP contribution in [0.3, 0.4) is 0 Å². The van der Waals surface area contributed by atoms with Crippen molar-refractivity contribution in [3.05, 3.63) is 46.7 Å². The van der Waals surface area contributed by atoms with Gasteiger partial charge in [-0.15, -0.1) is 0 Å². The Kier molecular flexibility index (Phi) is 8.23. The molecule has 0 radical (unpaired) electrons. The molecule has 1 heterocycles. The number of nitrogens with zero attached hydrogens (tertiary/aromatic N) is 1. The van der Waals surface area contributed by atoms with Crippen LogP contribution in [0.5, 0.6) is 0 Å². The fourth-order valence-corrected chi connectivity index (χ4v) is 8.40. The van der Waals surface area contributed by atoms with Crippen LogP contribution in [-0.2, 0) is 30.8 Å².